The van der Waals surface area contributed by atoms with Crippen LogP contribution in [-0.4, -0.2) is 34.5 Å². The molecule has 0 saturated carbocycles. The molecule has 1 amide bonds. The van der Waals surface area contributed by atoms with E-state index in [9.17, 15) is 14.7 Å². The summed E-state index contributed by atoms with van der Waals surface area (Å²) in [5, 5.41) is 18.6. The Hall–Kier alpha value is -2.34. The van der Waals surface area contributed by atoms with Crippen LogP contribution < -0.4 is 11.0 Å². The topological polar surface area (TPSA) is 91.6 Å². The van der Waals surface area contributed by atoms with Crippen molar-refractivity contribution in [2.75, 3.05) is 0 Å². The Morgan fingerprint density at radius 3 is 2.59 bits per heavy atom. The molecule has 0 aliphatic carbocycles. The number of phenols is 1. The number of phenolic OH excluding ortho intramolecular Hbond substituents is 1. The third kappa shape index (κ3) is 2.69. The number of amides is 1. The fourth-order valence-electron chi connectivity index (χ4n) is 2.16. The monoisotopic (exact) mass is 364 g/mol. The molecular weight excluding hydrogens is 351 g/mol. The first-order valence-corrected chi connectivity index (χ1v) is 8.07. The van der Waals surface area contributed by atoms with Crippen LogP contribution in [0.25, 0.3) is 9.65 Å². The molecule has 0 unspecified atom stereocenters. The predicted molar refractivity (Wildman–Crippen MR) is 81.6 cm³/mol. The van der Waals surface area contributed by atoms with Crippen LogP contribution in [0, 0.1) is 0 Å². The third-order valence-corrected chi connectivity index (χ3v) is 5.51. The van der Waals surface area contributed by atoms with Gasteiger partial charge in [-0.1, -0.05) is 0 Å². The average molecular weight is 363 g/mol. The van der Waals surface area contributed by atoms with Crippen LogP contribution in [0.2, 0.25) is 0 Å². The van der Waals surface area contributed by atoms with Crippen LogP contribution in [-0.2, 0) is 6.54 Å². The minimum absolute atomic E-state index is 0.0871. The van der Waals surface area contributed by atoms with Gasteiger partial charge in [0.05, 0.1) is 0 Å². The number of hydrogen-bond donors (Lipinski definition) is 3. The van der Waals surface area contributed by atoms with Gasteiger partial charge in [-0.05, 0) is 0 Å². The summed E-state index contributed by atoms with van der Waals surface area (Å²) >= 11 is -0.124. The molecule has 112 valence electrons. The fraction of sp³-hybridized carbons (Fsp3) is 0.0667. The molecule has 22 heavy (non-hydrogen) atoms. The van der Waals surface area contributed by atoms with E-state index in [1.807, 2.05) is 0 Å². The summed E-state index contributed by atoms with van der Waals surface area (Å²) < 4.78 is 2.68. The molecule has 0 fully saturated rings. The second-order valence-electron chi connectivity index (χ2n) is 4.75. The molecule has 0 spiro atoms. The van der Waals surface area contributed by atoms with Gasteiger partial charge in [0, 0.05) is 0 Å². The van der Waals surface area contributed by atoms with Crippen molar-refractivity contribution in [2.45, 2.75) is 6.54 Å². The van der Waals surface area contributed by atoms with Crippen molar-refractivity contribution in [3.63, 3.8) is 0 Å². The first-order valence-electron chi connectivity index (χ1n) is 6.44. The van der Waals surface area contributed by atoms with Crippen molar-refractivity contribution in [2.24, 2.45) is 0 Å². The second-order valence-corrected chi connectivity index (χ2v) is 6.98. The summed E-state index contributed by atoms with van der Waals surface area (Å²) in [5.41, 5.74) is 2.72. The Morgan fingerprint density at radius 1 is 1.18 bits per heavy atom. The second kappa shape index (κ2) is 5.81. The number of aromatic nitrogens is 1. The van der Waals surface area contributed by atoms with Gasteiger partial charge in [-0.15, -0.1) is 0 Å². The number of nitrogens with zero attached hydrogens (tertiary/aromatic N) is 1. The van der Waals surface area contributed by atoms with E-state index in [1.54, 1.807) is 45.4 Å². The molecule has 0 radical (unpaired) electrons. The summed E-state index contributed by atoms with van der Waals surface area (Å²) in [4.78, 5) is 23.6. The molecule has 0 bridgehead atoms. The molecule has 3 rings (SSSR count). The zero-order chi connectivity index (χ0) is 15.7. The van der Waals surface area contributed by atoms with Crippen molar-refractivity contribution >= 4 is 30.3 Å². The fourth-order valence-corrected chi connectivity index (χ4v) is 4.27. The average Bonchev–Trinajstić information content (AvgIpc) is 2.83. The Bertz CT molecular complexity index is 896. The van der Waals surface area contributed by atoms with Gasteiger partial charge >= 0.3 is 131 Å². The van der Waals surface area contributed by atoms with Gasteiger partial charge < -0.3 is 0 Å². The van der Waals surface area contributed by atoms with Crippen molar-refractivity contribution in [3.8, 4) is 5.75 Å². The number of rotatable bonds is 3. The van der Waals surface area contributed by atoms with E-state index in [2.05, 4.69) is 0 Å². The normalized spacial score (nSPS) is 10.8. The number of carbonyl (C=O) groups excluding carboxylic acids is 1. The summed E-state index contributed by atoms with van der Waals surface area (Å²) in [6.07, 6.45) is 0. The molecule has 0 aliphatic heterocycles. The van der Waals surface area contributed by atoms with E-state index in [-0.39, 0.29) is 26.0 Å². The van der Waals surface area contributed by atoms with Crippen LogP contribution in [0.1, 0.15) is 15.9 Å². The van der Waals surface area contributed by atoms with Gasteiger partial charge in [0.2, 0.25) is 0 Å². The number of fused-ring (bicyclic) bond motifs is 1. The molecule has 7 heteroatoms. The molecule has 1 aromatic heterocycles. The third-order valence-electron chi connectivity index (χ3n) is 3.27. The van der Waals surface area contributed by atoms with E-state index in [0.29, 0.717) is 17.5 Å². The number of hydroxylamine groups is 1. The Morgan fingerprint density at radius 2 is 1.91 bits per heavy atom. The van der Waals surface area contributed by atoms with Crippen LogP contribution in [0.3, 0.4) is 0 Å². The zero-order valence-electron chi connectivity index (χ0n) is 11.3. The van der Waals surface area contributed by atoms with Crippen LogP contribution in [0.5, 0.6) is 5.75 Å². The molecule has 3 N–H and O–H groups in total. The van der Waals surface area contributed by atoms with E-state index in [1.165, 1.54) is 6.07 Å². The van der Waals surface area contributed by atoms with Gasteiger partial charge in [-0.25, -0.2) is 0 Å². The molecule has 0 atom stereocenters. The molecule has 6 nitrogen and oxygen atoms in total. The number of aromatic hydroxyl groups is 1. The summed E-state index contributed by atoms with van der Waals surface area (Å²) in [7, 11) is 0. The Kier molecular flexibility index (Phi) is 3.85. The van der Waals surface area contributed by atoms with Crippen LogP contribution >= 0.6 is 0 Å². The van der Waals surface area contributed by atoms with E-state index in [4.69, 9.17) is 5.21 Å². The molecule has 2 aromatic carbocycles. The number of nitrogens with one attached hydrogen (secondary N) is 1. The van der Waals surface area contributed by atoms with E-state index >= 15 is 0 Å². The van der Waals surface area contributed by atoms with Gasteiger partial charge in [0.25, 0.3) is 0 Å². The SMILES string of the molecule is O=C(NO)c1ccc(Cn2[se]c3ccc(O)cc3c2=O)cc1. The maximum atomic E-state index is 12.3. The summed E-state index contributed by atoms with van der Waals surface area (Å²) in [6, 6.07) is 11.5. The van der Waals surface area contributed by atoms with E-state index < -0.39 is 5.91 Å². The number of benzene rings is 2. The molecular formula is C15H12N2O4Se. The summed E-state index contributed by atoms with van der Waals surface area (Å²) in [5.74, 6) is -0.486. The number of carbonyl (C=O) groups is 1. The van der Waals surface area contributed by atoms with E-state index in [0.717, 1.165) is 9.82 Å². The quantitative estimate of drug-likeness (QED) is 0.367. The predicted octanol–water partition coefficient (Wildman–Crippen LogP) is 0.931. The van der Waals surface area contributed by atoms with Crippen molar-refractivity contribution in [1.82, 2.24) is 9.04 Å². The van der Waals surface area contributed by atoms with Gasteiger partial charge in [-0.2, -0.15) is 0 Å². The first-order chi connectivity index (χ1) is 10.6. The van der Waals surface area contributed by atoms with Crippen molar-refractivity contribution in [1.29, 1.82) is 0 Å². The first kappa shape index (κ1) is 14.6. The zero-order valence-corrected chi connectivity index (χ0v) is 13.0. The van der Waals surface area contributed by atoms with Crippen LogP contribution in [0.15, 0.2) is 47.3 Å². The van der Waals surface area contributed by atoms with Gasteiger partial charge in [0.15, 0.2) is 0 Å². The molecule has 0 saturated heterocycles. The minimum atomic E-state index is -0.573. The van der Waals surface area contributed by atoms with Crippen molar-refractivity contribution < 1.29 is 15.1 Å². The van der Waals surface area contributed by atoms with Gasteiger partial charge in [0.1, 0.15) is 0 Å². The molecule has 3 aromatic rings. The standard InChI is InChI=1S/C15H12N2O4Se/c18-11-5-6-13-12(7-11)15(20)17(22-13)8-9-1-3-10(4-2-9)14(19)16-21/h1-7,18,21H,8H2,(H,16,19). The maximum absolute atomic E-state index is 12.3. The summed E-state index contributed by atoms with van der Waals surface area (Å²) in [6.45, 7) is 0.440. The Labute approximate surface area is 131 Å². The molecule has 0 aliphatic rings. The van der Waals surface area contributed by atoms with Gasteiger partial charge in [-0.3, -0.25) is 0 Å². The molecule has 1 heterocycles. The van der Waals surface area contributed by atoms with Crippen molar-refractivity contribution in [3.05, 3.63) is 63.9 Å². The Balaban J connectivity index is 1.91. The number of hydrogen-bond acceptors (Lipinski definition) is 4. The van der Waals surface area contributed by atoms with Crippen LogP contribution in [0.4, 0.5) is 0 Å².